The predicted molar refractivity (Wildman–Crippen MR) is 373 cm³/mol. The third-order valence-electron chi connectivity index (χ3n) is 16.6. The van der Waals surface area contributed by atoms with Gasteiger partial charge in [0.1, 0.15) is 13.2 Å². The number of phosphoric ester groups is 1. The van der Waals surface area contributed by atoms with E-state index in [9.17, 15) is 19.4 Å². The van der Waals surface area contributed by atoms with Crippen LogP contribution in [0.15, 0.2) is 72.9 Å². The molecule has 0 radical (unpaired) electrons. The maximum Gasteiger partial charge on any atom is 0.472 e. The summed E-state index contributed by atoms with van der Waals surface area (Å²) >= 11 is 0. The van der Waals surface area contributed by atoms with E-state index in [-0.39, 0.29) is 19.1 Å². The molecular formula is C76H144N2O6P+. The van der Waals surface area contributed by atoms with Gasteiger partial charge in [0, 0.05) is 6.42 Å². The summed E-state index contributed by atoms with van der Waals surface area (Å²) in [6.07, 6.45) is 93.6. The fourth-order valence-electron chi connectivity index (χ4n) is 10.9. The average Bonchev–Trinajstić information content (AvgIpc) is 3.49. The molecule has 3 unspecified atom stereocenters. The number of hydrogen-bond acceptors (Lipinski definition) is 5. The number of carbonyl (C=O) groups is 1. The number of carbonyl (C=O) groups excluding carboxylic acids is 1. The first-order valence-electron chi connectivity index (χ1n) is 36.8. The lowest BCUT2D eigenvalue weighted by Crippen LogP contribution is -2.45. The quantitative estimate of drug-likeness (QED) is 0.0243. The van der Waals surface area contributed by atoms with Crippen molar-refractivity contribution in [3.8, 4) is 0 Å². The number of nitrogens with one attached hydrogen (secondary N) is 1. The number of aliphatic hydroxyl groups is 1. The van der Waals surface area contributed by atoms with Gasteiger partial charge < -0.3 is 19.8 Å². The normalized spacial score (nSPS) is 14.0. The average molecular weight is 1210 g/mol. The van der Waals surface area contributed by atoms with Crippen LogP contribution in [0.2, 0.25) is 0 Å². The summed E-state index contributed by atoms with van der Waals surface area (Å²) in [6, 6.07) is -0.875. The summed E-state index contributed by atoms with van der Waals surface area (Å²) in [5.74, 6) is -0.188. The molecule has 3 atom stereocenters. The fourth-order valence-corrected chi connectivity index (χ4v) is 11.6. The van der Waals surface area contributed by atoms with Crippen LogP contribution in [0.3, 0.4) is 0 Å². The van der Waals surface area contributed by atoms with Gasteiger partial charge in [-0.05, 0) is 83.5 Å². The number of aliphatic hydroxyl groups excluding tert-OH is 1. The Morgan fingerprint density at radius 2 is 0.682 bits per heavy atom. The Bertz CT molecular complexity index is 1620. The first kappa shape index (κ1) is 82.9. The van der Waals surface area contributed by atoms with Crippen LogP contribution in [0.25, 0.3) is 0 Å². The highest BCUT2D eigenvalue weighted by Gasteiger charge is 2.28. The Morgan fingerprint density at radius 1 is 0.400 bits per heavy atom. The first-order chi connectivity index (χ1) is 41.5. The third kappa shape index (κ3) is 69.3. The number of phosphoric acid groups is 1. The van der Waals surface area contributed by atoms with Crippen molar-refractivity contribution in [2.45, 2.75) is 366 Å². The number of hydrogen-bond donors (Lipinski definition) is 3. The molecule has 0 rings (SSSR count). The van der Waals surface area contributed by atoms with Crippen LogP contribution in [0, 0.1) is 0 Å². The van der Waals surface area contributed by atoms with Gasteiger partial charge in [0.2, 0.25) is 5.91 Å². The summed E-state index contributed by atoms with van der Waals surface area (Å²) in [6.45, 7) is 4.82. The van der Waals surface area contributed by atoms with E-state index in [1.54, 1.807) is 6.08 Å². The molecule has 9 heteroatoms. The molecule has 0 spiro atoms. The van der Waals surface area contributed by atoms with Gasteiger partial charge in [0.15, 0.2) is 0 Å². The van der Waals surface area contributed by atoms with Gasteiger partial charge in [0.05, 0.1) is 39.9 Å². The molecule has 0 aliphatic heterocycles. The number of rotatable bonds is 68. The Labute approximate surface area is 529 Å². The number of likely N-dealkylation sites (N-methyl/N-ethyl adjacent to an activating group) is 1. The monoisotopic (exact) mass is 1210 g/mol. The Morgan fingerprint density at radius 3 is 1.02 bits per heavy atom. The Hall–Kier alpha value is -2.06. The van der Waals surface area contributed by atoms with Crippen LogP contribution < -0.4 is 5.32 Å². The van der Waals surface area contributed by atoms with Gasteiger partial charge in [-0.15, -0.1) is 0 Å². The molecule has 8 nitrogen and oxygen atoms in total. The third-order valence-corrected chi connectivity index (χ3v) is 17.6. The van der Waals surface area contributed by atoms with Gasteiger partial charge >= 0.3 is 7.82 Å². The molecule has 3 N–H and O–H groups in total. The zero-order valence-electron chi connectivity index (χ0n) is 57.1. The first-order valence-corrected chi connectivity index (χ1v) is 38.3. The minimum Gasteiger partial charge on any atom is -0.387 e. The summed E-state index contributed by atoms with van der Waals surface area (Å²) < 4.78 is 23.8. The van der Waals surface area contributed by atoms with Crippen LogP contribution in [0.1, 0.15) is 354 Å². The second-order valence-corrected chi connectivity index (χ2v) is 27.8. The van der Waals surface area contributed by atoms with Crippen molar-refractivity contribution < 1.29 is 32.9 Å². The van der Waals surface area contributed by atoms with Crippen molar-refractivity contribution in [1.82, 2.24) is 5.32 Å². The van der Waals surface area contributed by atoms with Crippen molar-refractivity contribution in [1.29, 1.82) is 0 Å². The van der Waals surface area contributed by atoms with Crippen molar-refractivity contribution in [3.05, 3.63) is 72.9 Å². The lowest BCUT2D eigenvalue weighted by atomic mass is 10.0. The van der Waals surface area contributed by atoms with Crippen molar-refractivity contribution in [3.63, 3.8) is 0 Å². The minimum absolute atomic E-state index is 0.0522. The minimum atomic E-state index is -4.37. The Balaban J connectivity index is 4.10. The molecule has 0 aliphatic carbocycles. The smallest absolute Gasteiger partial charge is 0.387 e. The van der Waals surface area contributed by atoms with Crippen LogP contribution >= 0.6 is 7.82 Å². The van der Waals surface area contributed by atoms with E-state index in [1.807, 2.05) is 27.2 Å². The van der Waals surface area contributed by atoms with Crippen LogP contribution in [-0.4, -0.2) is 73.4 Å². The van der Waals surface area contributed by atoms with Gasteiger partial charge in [-0.1, -0.05) is 337 Å². The second-order valence-electron chi connectivity index (χ2n) is 26.3. The molecule has 0 heterocycles. The van der Waals surface area contributed by atoms with Gasteiger partial charge in [-0.25, -0.2) is 4.57 Å². The number of allylic oxidation sites excluding steroid dienone is 11. The zero-order chi connectivity index (χ0) is 61.9. The number of amides is 1. The van der Waals surface area contributed by atoms with E-state index < -0.39 is 20.0 Å². The van der Waals surface area contributed by atoms with E-state index in [2.05, 4.69) is 79.9 Å². The summed E-state index contributed by atoms with van der Waals surface area (Å²) in [7, 11) is 1.55. The van der Waals surface area contributed by atoms with Gasteiger partial charge in [-0.2, -0.15) is 0 Å². The van der Waals surface area contributed by atoms with Crippen molar-refractivity contribution in [2.24, 2.45) is 0 Å². The van der Waals surface area contributed by atoms with Crippen LogP contribution in [0.4, 0.5) is 0 Å². The molecular weight excluding hydrogens is 1070 g/mol. The topological polar surface area (TPSA) is 105 Å². The summed E-state index contributed by atoms with van der Waals surface area (Å²) in [5, 5.41) is 14.0. The molecule has 1 amide bonds. The highest BCUT2D eigenvalue weighted by molar-refractivity contribution is 7.47. The predicted octanol–water partition coefficient (Wildman–Crippen LogP) is 23.7. The molecule has 0 aromatic rings. The van der Waals surface area contributed by atoms with Gasteiger partial charge in [0.25, 0.3) is 0 Å². The van der Waals surface area contributed by atoms with Crippen molar-refractivity contribution in [2.75, 3.05) is 40.9 Å². The van der Waals surface area contributed by atoms with Crippen LogP contribution in [0.5, 0.6) is 0 Å². The SMILES string of the molecule is CCCCCCC/C=C\C/C=C\C/C=C\CCCCCCCCCCCCCCCCCCC(=O)NC(COP(=O)(O)OCC[N+](C)(C)C)C(O)/C=C/CC/C=C/CC/C=C/CCCCCCCCCCCCCCCCCCCCCCCC. The van der Waals surface area contributed by atoms with E-state index in [4.69, 9.17) is 9.05 Å². The molecule has 0 fully saturated rings. The van der Waals surface area contributed by atoms with Crippen molar-refractivity contribution >= 4 is 13.7 Å². The summed E-state index contributed by atoms with van der Waals surface area (Å²) in [4.78, 5) is 23.4. The number of quaternary nitrogens is 1. The molecule has 498 valence electrons. The van der Waals surface area contributed by atoms with Crippen LogP contribution in [-0.2, 0) is 18.4 Å². The maximum absolute atomic E-state index is 13.1. The number of nitrogens with zero attached hydrogens (tertiary/aromatic N) is 1. The molecule has 0 saturated heterocycles. The standard InChI is InChI=1S/C76H143N2O6P/c1-6-8-10-12-14-16-18-20-22-24-26-28-30-32-34-36-38-40-41-43-45-47-49-51-53-55-57-59-61-63-65-67-69-75(79)74(73-84-85(81,82)83-72-71-78(3,4)5)77-76(80)70-68-66-64-62-60-58-56-54-52-50-48-46-44-42-39-37-35-33-31-29-27-25-23-21-19-17-15-13-11-9-7-2/h19,21,25,27,31,33,51,53,59,61,67,69,74-75,79H,6-18,20,22-24,26,28-30,32,34-50,52,54-58,60,62-66,68,70-73H2,1-5H3,(H-,77,80,81,82)/p+1/b21-19-,27-25-,33-31-,53-51+,61-59+,69-67+. The molecule has 85 heavy (non-hydrogen) atoms. The highest BCUT2D eigenvalue weighted by atomic mass is 31.2. The lowest BCUT2D eigenvalue weighted by Gasteiger charge is -2.25. The lowest BCUT2D eigenvalue weighted by molar-refractivity contribution is -0.870. The molecule has 0 aliphatic rings. The zero-order valence-corrected chi connectivity index (χ0v) is 58.0. The number of unbranched alkanes of at least 4 members (excludes halogenated alkanes) is 45. The van der Waals surface area contributed by atoms with Gasteiger partial charge in [-0.3, -0.25) is 13.8 Å². The molecule has 0 saturated carbocycles. The largest absolute Gasteiger partial charge is 0.472 e. The van der Waals surface area contributed by atoms with E-state index >= 15 is 0 Å². The fraction of sp³-hybridized carbons (Fsp3) is 0.829. The second kappa shape index (κ2) is 66.4. The molecule has 0 bridgehead atoms. The van der Waals surface area contributed by atoms with E-state index in [0.717, 1.165) is 57.8 Å². The Kier molecular flexibility index (Phi) is 64.8. The molecule has 0 aromatic carbocycles. The summed E-state index contributed by atoms with van der Waals surface area (Å²) in [5.41, 5.74) is 0. The van der Waals surface area contributed by atoms with E-state index in [1.165, 1.54) is 276 Å². The maximum atomic E-state index is 13.1. The highest BCUT2D eigenvalue weighted by Crippen LogP contribution is 2.43. The van der Waals surface area contributed by atoms with E-state index in [0.29, 0.717) is 17.4 Å². The molecule has 0 aromatic heterocycles.